The summed E-state index contributed by atoms with van der Waals surface area (Å²) in [6, 6.07) is 1.84. The Morgan fingerprint density at radius 3 is 2.40 bits per heavy atom. The Hall–Kier alpha value is -0.770. The summed E-state index contributed by atoms with van der Waals surface area (Å²) >= 11 is 0. The molecule has 0 aliphatic heterocycles. The molecule has 0 spiro atoms. The second kappa shape index (κ2) is 3.23. The zero-order valence-electron chi connectivity index (χ0n) is 3.10. The van der Waals surface area contributed by atoms with E-state index in [4.69, 9.17) is 5.26 Å². The largest absolute Gasteiger partial charge is 0.193 e. The molecule has 0 heterocycles. The molecule has 0 saturated heterocycles. The summed E-state index contributed by atoms with van der Waals surface area (Å²) in [7, 11) is 0. The molecule has 0 aliphatic rings. The lowest BCUT2D eigenvalue weighted by Crippen LogP contribution is -1.35. The number of nitrogens with zero attached hydrogens (tertiary/aromatic N) is 1. The van der Waals surface area contributed by atoms with E-state index in [0.717, 1.165) is 0 Å². The molecule has 0 aromatic rings. The summed E-state index contributed by atoms with van der Waals surface area (Å²) < 4.78 is 0. The maximum atomic E-state index is 7.73. The average Bonchev–Trinajstić information content (AvgIpc) is 1.41. The normalized spacial score (nSPS) is 8.00. The van der Waals surface area contributed by atoms with Crippen LogP contribution in [0.1, 0.15) is 6.92 Å². The third kappa shape index (κ3) is 3.23. The fourth-order valence-corrected chi connectivity index (χ4v) is 0.0745. The molecule has 26 valence electrons. The van der Waals surface area contributed by atoms with E-state index >= 15 is 0 Å². The van der Waals surface area contributed by atoms with Crippen LogP contribution in [0, 0.1) is 11.3 Å². The Bertz CT molecular complexity index is 66.2. The summed E-state index contributed by atoms with van der Waals surface area (Å²) in [5.41, 5.74) is 0. The number of nitriles is 1. The molecule has 0 aromatic heterocycles. The Kier molecular flexibility index (Phi) is 2.73. The highest BCUT2D eigenvalue weighted by molar-refractivity contribution is 4.99. The Balaban J connectivity index is 3.04. The molecular formula is C4H5N. The van der Waals surface area contributed by atoms with E-state index in [2.05, 4.69) is 0 Å². The van der Waals surface area contributed by atoms with E-state index in [1.165, 1.54) is 6.08 Å². The predicted octanol–water partition coefficient (Wildman–Crippen LogP) is 1.09. The molecule has 0 fully saturated rings. The fraction of sp³-hybridized carbons (Fsp3) is 0.250. The zero-order chi connectivity index (χ0) is 4.12. The minimum absolute atomic E-state index is 1.43. The van der Waals surface area contributed by atoms with Gasteiger partial charge in [-0.3, -0.25) is 0 Å². The van der Waals surface area contributed by atoms with E-state index in [1.807, 2.05) is 13.0 Å². The summed E-state index contributed by atoms with van der Waals surface area (Å²) in [6.45, 7) is 1.81. The highest BCUT2D eigenvalue weighted by Gasteiger charge is 1.45. The number of allylic oxidation sites excluding steroid dienone is 2. The molecule has 1 nitrogen and oxygen atoms in total. The third-order valence-electron chi connectivity index (χ3n) is 0.241. The fourth-order valence-electron chi connectivity index (χ4n) is 0.0745. The van der Waals surface area contributed by atoms with Gasteiger partial charge in [-0.2, -0.15) is 5.26 Å². The highest BCUT2D eigenvalue weighted by atomic mass is 14.2. The van der Waals surface area contributed by atoms with Gasteiger partial charge in [0.25, 0.3) is 0 Å². The van der Waals surface area contributed by atoms with Gasteiger partial charge in [0.15, 0.2) is 0 Å². The van der Waals surface area contributed by atoms with Crippen LogP contribution in [0.25, 0.3) is 0 Å². The standard InChI is InChI=1S/C4H5N/c1-2-3-4-5/h2-3H,1H3. The van der Waals surface area contributed by atoms with Crippen LogP contribution in [-0.4, -0.2) is 0 Å². The SMILES string of the molecule is CC=CC#N. The van der Waals surface area contributed by atoms with Crippen LogP contribution in [0.2, 0.25) is 0 Å². The van der Waals surface area contributed by atoms with Crippen LogP contribution < -0.4 is 0 Å². The molecule has 0 radical (unpaired) electrons. The first-order valence-corrected chi connectivity index (χ1v) is 1.42. The Labute approximate surface area is 31.5 Å². The zero-order valence-corrected chi connectivity index (χ0v) is 3.10. The van der Waals surface area contributed by atoms with Crippen molar-refractivity contribution in [2.75, 3.05) is 0 Å². The van der Waals surface area contributed by atoms with Gasteiger partial charge in [0.2, 0.25) is 0 Å². The summed E-state index contributed by atoms with van der Waals surface area (Å²) in [5.74, 6) is 0. The quantitative estimate of drug-likeness (QED) is 0.389. The van der Waals surface area contributed by atoms with Crippen LogP contribution in [0.15, 0.2) is 12.2 Å². The van der Waals surface area contributed by atoms with Crippen LogP contribution in [0.3, 0.4) is 0 Å². The summed E-state index contributed by atoms with van der Waals surface area (Å²) in [6.07, 6.45) is 3.12. The molecule has 0 aliphatic carbocycles. The van der Waals surface area contributed by atoms with E-state index in [9.17, 15) is 0 Å². The molecule has 0 rings (SSSR count). The molecule has 1 heteroatoms. The van der Waals surface area contributed by atoms with Crippen LogP contribution in [-0.2, 0) is 0 Å². The number of hydrogen-bond donors (Lipinski definition) is 0. The Morgan fingerprint density at radius 1 is 1.80 bits per heavy atom. The molecule has 0 amide bonds. The van der Waals surface area contributed by atoms with E-state index in [0.29, 0.717) is 0 Å². The lowest BCUT2D eigenvalue weighted by molar-refractivity contribution is 1.53. The third-order valence-corrected chi connectivity index (χ3v) is 0.241. The van der Waals surface area contributed by atoms with Crippen molar-refractivity contribution in [3.8, 4) is 6.07 Å². The monoisotopic (exact) mass is 67.0 g/mol. The first-order chi connectivity index (χ1) is 2.41. The minimum Gasteiger partial charge on any atom is -0.193 e. The van der Waals surface area contributed by atoms with Crippen molar-refractivity contribution in [2.45, 2.75) is 6.92 Å². The van der Waals surface area contributed by atoms with Crippen molar-refractivity contribution in [3.05, 3.63) is 12.2 Å². The van der Waals surface area contributed by atoms with Gasteiger partial charge in [0.1, 0.15) is 0 Å². The van der Waals surface area contributed by atoms with Crippen molar-refractivity contribution < 1.29 is 0 Å². The van der Waals surface area contributed by atoms with Gasteiger partial charge < -0.3 is 0 Å². The average molecular weight is 67.1 g/mol. The molecule has 0 aromatic carbocycles. The predicted molar refractivity (Wildman–Crippen MR) is 20.4 cm³/mol. The van der Waals surface area contributed by atoms with E-state index in [1.54, 1.807) is 6.08 Å². The lowest BCUT2D eigenvalue weighted by Gasteiger charge is -1.47. The van der Waals surface area contributed by atoms with Crippen LogP contribution in [0.4, 0.5) is 0 Å². The maximum Gasteiger partial charge on any atom is 0.0908 e. The van der Waals surface area contributed by atoms with Gasteiger partial charge in [-0.1, -0.05) is 6.08 Å². The van der Waals surface area contributed by atoms with E-state index < -0.39 is 0 Å². The molecule has 0 atom stereocenters. The summed E-state index contributed by atoms with van der Waals surface area (Å²) in [4.78, 5) is 0. The van der Waals surface area contributed by atoms with Crippen molar-refractivity contribution >= 4 is 0 Å². The first kappa shape index (κ1) is 4.23. The second-order valence-corrected chi connectivity index (χ2v) is 0.629. The Morgan fingerprint density at radius 2 is 2.40 bits per heavy atom. The summed E-state index contributed by atoms with van der Waals surface area (Å²) in [5, 5.41) is 7.73. The topological polar surface area (TPSA) is 23.8 Å². The van der Waals surface area contributed by atoms with Gasteiger partial charge in [0.05, 0.1) is 6.07 Å². The van der Waals surface area contributed by atoms with Crippen LogP contribution >= 0.6 is 0 Å². The van der Waals surface area contributed by atoms with Gasteiger partial charge in [-0.05, 0) is 6.92 Å². The number of rotatable bonds is 0. The van der Waals surface area contributed by atoms with Gasteiger partial charge >= 0.3 is 0 Å². The molecule has 0 N–H and O–H groups in total. The second-order valence-electron chi connectivity index (χ2n) is 0.629. The first-order valence-electron chi connectivity index (χ1n) is 1.42. The molecule has 0 unspecified atom stereocenters. The maximum absolute atomic E-state index is 7.73. The van der Waals surface area contributed by atoms with Crippen molar-refractivity contribution in [3.63, 3.8) is 0 Å². The molecular weight excluding hydrogens is 62.1 g/mol. The van der Waals surface area contributed by atoms with Gasteiger partial charge in [-0.15, -0.1) is 0 Å². The van der Waals surface area contributed by atoms with Gasteiger partial charge in [-0.25, -0.2) is 0 Å². The molecule has 5 heavy (non-hydrogen) atoms. The van der Waals surface area contributed by atoms with E-state index in [-0.39, 0.29) is 0 Å². The molecule has 0 bridgehead atoms. The highest BCUT2D eigenvalue weighted by Crippen LogP contribution is 1.58. The smallest absolute Gasteiger partial charge is 0.0908 e. The number of hydrogen-bond acceptors (Lipinski definition) is 1. The molecule has 0 saturated carbocycles. The lowest BCUT2D eigenvalue weighted by atomic mass is 10.6. The van der Waals surface area contributed by atoms with Crippen molar-refractivity contribution in [2.24, 2.45) is 0 Å². The van der Waals surface area contributed by atoms with Crippen LogP contribution in [0.5, 0.6) is 0 Å². The minimum atomic E-state index is 1.43. The van der Waals surface area contributed by atoms with Crippen molar-refractivity contribution in [1.29, 1.82) is 5.26 Å². The van der Waals surface area contributed by atoms with Crippen molar-refractivity contribution in [1.82, 2.24) is 0 Å². The van der Waals surface area contributed by atoms with Gasteiger partial charge in [0, 0.05) is 6.08 Å².